The van der Waals surface area contributed by atoms with Gasteiger partial charge in [0.15, 0.2) is 0 Å². The van der Waals surface area contributed by atoms with Crippen LogP contribution in [0, 0.1) is 11.8 Å². The quantitative estimate of drug-likeness (QED) is 0.892. The predicted molar refractivity (Wildman–Crippen MR) is 94.4 cm³/mol. The van der Waals surface area contributed by atoms with E-state index in [1.165, 1.54) is 0 Å². The number of rotatable bonds is 2. The molecule has 2 aliphatic heterocycles. The molecule has 0 aliphatic carbocycles. The fourth-order valence-corrected chi connectivity index (χ4v) is 5.70. The molecule has 2 aliphatic rings. The van der Waals surface area contributed by atoms with Gasteiger partial charge in [-0.15, -0.1) is 0 Å². The second kappa shape index (κ2) is 5.85. The molecule has 1 aromatic rings. The Labute approximate surface area is 144 Å². The van der Waals surface area contributed by atoms with Crippen LogP contribution in [0.1, 0.15) is 46.1 Å². The zero-order valence-corrected chi connectivity index (χ0v) is 15.6. The van der Waals surface area contributed by atoms with Gasteiger partial charge in [0.2, 0.25) is 15.9 Å². The summed E-state index contributed by atoms with van der Waals surface area (Å²) in [5.74, 6) is 0.718. The van der Waals surface area contributed by atoms with Crippen LogP contribution < -0.4 is 5.32 Å². The average Bonchev–Trinajstić information content (AvgIpc) is 2.44. The van der Waals surface area contributed by atoms with E-state index < -0.39 is 10.0 Å². The topological polar surface area (TPSA) is 66.5 Å². The molecule has 2 atom stereocenters. The largest absolute Gasteiger partial charge is 0.326 e. The third-order valence-electron chi connectivity index (χ3n) is 5.07. The maximum atomic E-state index is 13.1. The van der Waals surface area contributed by atoms with Crippen molar-refractivity contribution in [1.29, 1.82) is 0 Å². The van der Waals surface area contributed by atoms with Crippen LogP contribution >= 0.6 is 0 Å². The molecule has 0 saturated carbocycles. The summed E-state index contributed by atoms with van der Waals surface area (Å²) in [5, 5.41) is 2.84. The van der Waals surface area contributed by atoms with Crippen LogP contribution in [0.3, 0.4) is 0 Å². The van der Waals surface area contributed by atoms with Gasteiger partial charge in [0.05, 0.1) is 4.90 Å². The minimum absolute atomic E-state index is 0.0261. The number of nitrogens with zero attached hydrogens (tertiary/aromatic N) is 1. The third-order valence-corrected chi connectivity index (χ3v) is 6.90. The molecule has 0 bridgehead atoms. The Balaban J connectivity index is 1.99. The lowest BCUT2D eigenvalue weighted by atomic mass is 9.78. The summed E-state index contributed by atoms with van der Waals surface area (Å²) in [7, 11) is -3.50. The first kappa shape index (κ1) is 17.4. The molecule has 0 unspecified atom stereocenters. The summed E-state index contributed by atoms with van der Waals surface area (Å²) >= 11 is 0. The highest BCUT2D eigenvalue weighted by molar-refractivity contribution is 7.89. The summed E-state index contributed by atoms with van der Waals surface area (Å²) in [5.41, 5.74) is 1.24. The molecule has 1 N–H and O–H groups in total. The summed E-state index contributed by atoms with van der Waals surface area (Å²) < 4.78 is 27.8. The molecular weight excluding hydrogens is 324 g/mol. The number of fused-ring (bicyclic) bond motifs is 1. The van der Waals surface area contributed by atoms with Crippen molar-refractivity contribution in [1.82, 2.24) is 4.31 Å². The lowest BCUT2D eigenvalue weighted by molar-refractivity contribution is -0.117. The van der Waals surface area contributed by atoms with E-state index in [0.29, 0.717) is 36.2 Å². The van der Waals surface area contributed by atoms with Gasteiger partial charge in [0.25, 0.3) is 0 Å². The Morgan fingerprint density at radius 3 is 2.42 bits per heavy atom. The molecule has 1 amide bonds. The smallest absolute Gasteiger partial charge is 0.243 e. The molecule has 2 heterocycles. The molecule has 6 heteroatoms. The molecule has 3 rings (SSSR count). The highest BCUT2D eigenvalue weighted by atomic mass is 32.2. The Bertz CT molecular complexity index is 760. The fraction of sp³-hybridized carbons (Fsp3) is 0.611. The van der Waals surface area contributed by atoms with E-state index in [0.717, 1.165) is 17.7 Å². The highest BCUT2D eigenvalue weighted by Gasteiger charge is 2.35. The standard InChI is InChI=1S/C18H26N2O3S/c1-12-7-13(2)11-20(10-12)24(22,23)14-5-6-16-15(8-14)18(3,4)9-17(21)19-16/h5-6,8,12-13H,7,9-11H2,1-4H3,(H,19,21)/t12-,13+. The zero-order chi connectivity index (χ0) is 17.7. The second-order valence-corrected chi connectivity index (χ2v) is 10.0. The number of carbonyl (C=O) groups excluding carboxylic acids is 1. The molecule has 0 spiro atoms. The van der Waals surface area contributed by atoms with E-state index in [2.05, 4.69) is 19.2 Å². The summed E-state index contributed by atoms with van der Waals surface area (Å²) in [6, 6.07) is 5.08. The van der Waals surface area contributed by atoms with Crippen molar-refractivity contribution >= 4 is 21.6 Å². The fourth-order valence-electron chi connectivity index (χ4n) is 3.99. The molecule has 1 saturated heterocycles. The van der Waals surface area contributed by atoms with Gasteiger partial charge < -0.3 is 5.32 Å². The van der Waals surface area contributed by atoms with Gasteiger partial charge in [0, 0.05) is 30.6 Å². The number of sulfonamides is 1. The molecule has 132 valence electrons. The van der Waals surface area contributed by atoms with Crippen LogP contribution in [0.2, 0.25) is 0 Å². The maximum absolute atomic E-state index is 13.1. The van der Waals surface area contributed by atoms with Crippen molar-refractivity contribution < 1.29 is 13.2 Å². The lowest BCUT2D eigenvalue weighted by Crippen LogP contribution is -2.42. The molecular formula is C18H26N2O3S. The van der Waals surface area contributed by atoms with Crippen molar-refractivity contribution in [3.63, 3.8) is 0 Å². The van der Waals surface area contributed by atoms with Gasteiger partial charge >= 0.3 is 0 Å². The molecule has 5 nitrogen and oxygen atoms in total. The SMILES string of the molecule is C[C@@H]1C[C@H](C)CN(S(=O)(=O)c2ccc3c(c2)C(C)(C)CC(=O)N3)C1. The van der Waals surface area contributed by atoms with Crippen molar-refractivity contribution in [2.24, 2.45) is 11.8 Å². The number of hydrogen-bond donors (Lipinski definition) is 1. The second-order valence-electron chi connectivity index (χ2n) is 8.08. The van der Waals surface area contributed by atoms with E-state index in [-0.39, 0.29) is 11.3 Å². The van der Waals surface area contributed by atoms with Crippen LogP contribution in [0.5, 0.6) is 0 Å². The number of carbonyl (C=O) groups is 1. The summed E-state index contributed by atoms with van der Waals surface area (Å²) in [4.78, 5) is 12.1. The molecule has 1 fully saturated rings. The van der Waals surface area contributed by atoms with Gasteiger partial charge in [-0.2, -0.15) is 4.31 Å². The maximum Gasteiger partial charge on any atom is 0.243 e. The van der Waals surface area contributed by atoms with Crippen LogP contribution in [0.15, 0.2) is 23.1 Å². The Hall–Kier alpha value is -1.40. The lowest BCUT2D eigenvalue weighted by Gasteiger charge is -2.35. The number of hydrogen-bond acceptors (Lipinski definition) is 3. The number of piperidine rings is 1. The van der Waals surface area contributed by atoms with Crippen molar-refractivity contribution in [3.8, 4) is 0 Å². The first-order valence-electron chi connectivity index (χ1n) is 8.54. The Kier molecular flexibility index (Phi) is 4.24. The number of amides is 1. The monoisotopic (exact) mass is 350 g/mol. The van der Waals surface area contributed by atoms with Crippen LogP contribution in [-0.2, 0) is 20.2 Å². The first-order valence-corrected chi connectivity index (χ1v) is 9.98. The zero-order valence-electron chi connectivity index (χ0n) is 14.8. The summed E-state index contributed by atoms with van der Waals surface area (Å²) in [6.45, 7) is 9.30. The third kappa shape index (κ3) is 3.09. The van der Waals surface area contributed by atoms with E-state index in [1.54, 1.807) is 22.5 Å². The van der Waals surface area contributed by atoms with Crippen molar-refractivity contribution in [3.05, 3.63) is 23.8 Å². The number of nitrogens with one attached hydrogen (secondary N) is 1. The molecule has 24 heavy (non-hydrogen) atoms. The van der Waals surface area contributed by atoms with Gasteiger partial charge in [0.1, 0.15) is 0 Å². The number of benzene rings is 1. The minimum atomic E-state index is -3.50. The van der Waals surface area contributed by atoms with Crippen molar-refractivity contribution in [2.45, 2.75) is 50.8 Å². The summed E-state index contributed by atoms with van der Waals surface area (Å²) in [6.07, 6.45) is 1.43. The highest BCUT2D eigenvalue weighted by Crippen LogP contribution is 2.39. The average molecular weight is 350 g/mol. The molecule has 0 aromatic heterocycles. The van der Waals surface area contributed by atoms with Crippen LogP contribution in [0.25, 0.3) is 0 Å². The normalized spacial score (nSPS) is 27.4. The van der Waals surface area contributed by atoms with E-state index in [4.69, 9.17) is 0 Å². The number of anilines is 1. The van der Waals surface area contributed by atoms with E-state index >= 15 is 0 Å². The van der Waals surface area contributed by atoms with E-state index in [1.807, 2.05) is 13.8 Å². The first-order chi connectivity index (χ1) is 11.1. The predicted octanol–water partition coefficient (Wildman–Crippen LogP) is 2.97. The van der Waals surface area contributed by atoms with Gasteiger partial charge in [-0.3, -0.25) is 4.79 Å². The minimum Gasteiger partial charge on any atom is -0.326 e. The van der Waals surface area contributed by atoms with Gasteiger partial charge in [-0.1, -0.05) is 27.7 Å². The molecule has 0 radical (unpaired) electrons. The Morgan fingerprint density at radius 1 is 1.17 bits per heavy atom. The van der Waals surface area contributed by atoms with Gasteiger partial charge in [-0.05, 0) is 42.0 Å². The molecule has 1 aromatic carbocycles. The van der Waals surface area contributed by atoms with Gasteiger partial charge in [-0.25, -0.2) is 8.42 Å². The Morgan fingerprint density at radius 2 is 1.79 bits per heavy atom. The van der Waals surface area contributed by atoms with E-state index in [9.17, 15) is 13.2 Å². The van der Waals surface area contributed by atoms with Crippen molar-refractivity contribution in [2.75, 3.05) is 18.4 Å². The van der Waals surface area contributed by atoms with Crippen LogP contribution in [0.4, 0.5) is 5.69 Å². The van der Waals surface area contributed by atoms with Crippen LogP contribution in [-0.4, -0.2) is 31.7 Å².